The van der Waals surface area contributed by atoms with E-state index in [1.807, 2.05) is 22.8 Å². The summed E-state index contributed by atoms with van der Waals surface area (Å²) in [6.07, 6.45) is 1.89. The van der Waals surface area contributed by atoms with Crippen LogP contribution in [0.25, 0.3) is 11.2 Å². The predicted molar refractivity (Wildman–Crippen MR) is 111 cm³/mol. The first kappa shape index (κ1) is 20.8. The summed E-state index contributed by atoms with van der Waals surface area (Å²) in [6.45, 7) is 5.31. The second-order valence-electron chi connectivity index (χ2n) is 7.67. The number of hydrogen-bond acceptors (Lipinski definition) is 7. The summed E-state index contributed by atoms with van der Waals surface area (Å²) in [7, 11) is 1.32. The fourth-order valence-electron chi connectivity index (χ4n) is 3.09. The van der Waals surface area contributed by atoms with Crippen molar-refractivity contribution < 1.29 is 14.6 Å². The molecule has 0 saturated carbocycles. The van der Waals surface area contributed by atoms with Crippen molar-refractivity contribution >= 4 is 22.8 Å². The van der Waals surface area contributed by atoms with E-state index in [1.54, 1.807) is 24.5 Å². The number of carbonyl (C=O) groups excluding carboxylic acids is 1. The number of aliphatic hydroxyl groups excluding tert-OH is 1. The first-order valence-corrected chi connectivity index (χ1v) is 9.48. The third kappa shape index (κ3) is 5.10. The Morgan fingerprint density at radius 1 is 1.34 bits per heavy atom. The van der Waals surface area contributed by atoms with Crippen molar-refractivity contribution in [3.63, 3.8) is 0 Å². The van der Waals surface area contributed by atoms with Gasteiger partial charge in [0.15, 0.2) is 11.3 Å². The Labute approximate surface area is 169 Å². The van der Waals surface area contributed by atoms with E-state index < -0.39 is 12.1 Å². The molecule has 0 fully saturated rings. The number of anilines is 1. The number of aromatic nitrogens is 3. The van der Waals surface area contributed by atoms with Crippen LogP contribution in [0.5, 0.6) is 0 Å². The van der Waals surface area contributed by atoms with Crippen LogP contribution < -0.4 is 11.1 Å². The molecule has 0 spiro atoms. The number of pyridine rings is 1. The summed E-state index contributed by atoms with van der Waals surface area (Å²) in [6, 6.07) is 10.7. The topological polar surface area (TPSA) is 115 Å². The van der Waals surface area contributed by atoms with Gasteiger partial charge in [0.25, 0.3) is 0 Å². The zero-order valence-corrected chi connectivity index (χ0v) is 16.9. The molecule has 3 rings (SSSR count). The van der Waals surface area contributed by atoms with Gasteiger partial charge >= 0.3 is 5.97 Å². The Bertz CT molecular complexity index is 999. The Balaban J connectivity index is 1.60. The van der Waals surface area contributed by atoms with Crippen molar-refractivity contribution in [1.82, 2.24) is 19.9 Å². The third-order valence-electron chi connectivity index (χ3n) is 4.93. The number of benzene rings is 1. The fourth-order valence-corrected chi connectivity index (χ4v) is 3.09. The van der Waals surface area contributed by atoms with Crippen LogP contribution >= 0.6 is 0 Å². The highest BCUT2D eigenvalue weighted by Crippen LogP contribution is 2.19. The Morgan fingerprint density at radius 2 is 2.14 bits per heavy atom. The molecule has 0 radical (unpaired) electrons. The van der Waals surface area contributed by atoms with E-state index in [-0.39, 0.29) is 11.2 Å². The molecule has 8 heteroatoms. The maximum absolute atomic E-state index is 11.6. The molecule has 3 aromatic rings. The number of nitrogens with one attached hydrogen (secondary N) is 1. The number of nitrogens with two attached hydrogens (primary N) is 1. The molecule has 0 bridgehead atoms. The number of imidazole rings is 1. The van der Waals surface area contributed by atoms with E-state index in [1.165, 1.54) is 7.11 Å². The van der Waals surface area contributed by atoms with E-state index in [9.17, 15) is 9.90 Å². The van der Waals surface area contributed by atoms with E-state index in [4.69, 9.17) is 10.5 Å². The lowest BCUT2D eigenvalue weighted by Gasteiger charge is -2.28. The molecule has 8 nitrogen and oxygen atoms in total. The number of nitrogen functional groups attached to an aromatic ring is 1. The monoisotopic (exact) mass is 397 g/mol. The largest absolute Gasteiger partial charge is 0.464 e. The average Bonchev–Trinajstić information content (AvgIpc) is 3.12. The Morgan fingerprint density at radius 3 is 2.86 bits per heavy atom. The summed E-state index contributed by atoms with van der Waals surface area (Å²) in [5, 5.41) is 13.8. The smallest absolute Gasteiger partial charge is 0.356 e. The molecule has 0 aliphatic carbocycles. The van der Waals surface area contributed by atoms with Crippen molar-refractivity contribution in [2.45, 2.75) is 38.5 Å². The zero-order chi connectivity index (χ0) is 21.0. The first-order chi connectivity index (χ1) is 13.8. The zero-order valence-electron chi connectivity index (χ0n) is 16.9. The van der Waals surface area contributed by atoms with Crippen molar-refractivity contribution in [1.29, 1.82) is 0 Å². The van der Waals surface area contributed by atoms with Crippen LogP contribution in [0.4, 0.5) is 5.69 Å². The second-order valence-corrected chi connectivity index (χ2v) is 7.67. The van der Waals surface area contributed by atoms with Gasteiger partial charge in [0, 0.05) is 24.3 Å². The normalized spacial score (nSPS) is 12.8. The Hall–Kier alpha value is -2.97. The maximum Gasteiger partial charge on any atom is 0.356 e. The van der Waals surface area contributed by atoms with E-state index >= 15 is 0 Å². The number of nitrogens with zero attached hydrogens (tertiary/aromatic N) is 3. The molecule has 0 amide bonds. The first-order valence-electron chi connectivity index (χ1n) is 9.48. The lowest BCUT2D eigenvalue weighted by molar-refractivity contribution is 0.0594. The van der Waals surface area contributed by atoms with Crippen molar-refractivity contribution in [2.24, 2.45) is 0 Å². The minimum Gasteiger partial charge on any atom is -0.464 e. The highest BCUT2D eigenvalue weighted by Gasteiger charge is 2.20. The van der Waals surface area contributed by atoms with Crippen LogP contribution in [0.1, 0.15) is 42.4 Å². The molecule has 29 heavy (non-hydrogen) atoms. The molecule has 0 aliphatic rings. The molecule has 1 aromatic carbocycles. The summed E-state index contributed by atoms with van der Waals surface area (Å²) >= 11 is 0. The van der Waals surface area contributed by atoms with Gasteiger partial charge in [0.05, 0.1) is 25.1 Å². The van der Waals surface area contributed by atoms with E-state index in [2.05, 4.69) is 29.1 Å². The summed E-state index contributed by atoms with van der Waals surface area (Å²) in [4.78, 5) is 20.2. The van der Waals surface area contributed by atoms with Crippen LogP contribution in [0.3, 0.4) is 0 Å². The van der Waals surface area contributed by atoms with Gasteiger partial charge in [0.2, 0.25) is 0 Å². The number of aryl methyl sites for hydroxylation is 1. The van der Waals surface area contributed by atoms with E-state index in [0.29, 0.717) is 24.4 Å². The molecule has 2 heterocycles. The molecule has 2 aromatic heterocycles. The van der Waals surface area contributed by atoms with Crippen molar-refractivity contribution in [2.75, 3.05) is 19.4 Å². The van der Waals surface area contributed by atoms with Gasteiger partial charge in [-0.15, -0.1) is 0 Å². The standard InChI is InChI=1S/C21H27N5O3/c1-21(2,24-12-18(27)14-5-4-6-15(22)11-14)9-10-26-13-23-19-17(26)8-7-16(25-19)20(28)29-3/h4-8,11,13,18,24,27H,9-10,12,22H2,1-3H3. The highest BCUT2D eigenvalue weighted by atomic mass is 16.5. The summed E-state index contributed by atoms with van der Waals surface area (Å²) in [5.74, 6) is -0.481. The van der Waals surface area contributed by atoms with Gasteiger partial charge in [-0.2, -0.15) is 0 Å². The highest BCUT2D eigenvalue weighted by molar-refractivity contribution is 5.89. The van der Waals surface area contributed by atoms with Gasteiger partial charge in [-0.25, -0.2) is 14.8 Å². The third-order valence-corrected chi connectivity index (χ3v) is 4.93. The fraction of sp³-hybridized carbons (Fsp3) is 0.381. The number of β-amino-alcohol motifs (C(OH)–C–C–N with tert-alkyl or cyclic N) is 1. The van der Waals surface area contributed by atoms with Crippen LogP contribution in [-0.2, 0) is 11.3 Å². The molecule has 1 atom stereocenters. The van der Waals surface area contributed by atoms with Crippen LogP contribution in [-0.4, -0.2) is 44.8 Å². The van der Waals surface area contributed by atoms with Crippen LogP contribution in [0.15, 0.2) is 42.7 Å². The lowest BCUT2D eigenvalue weighted by atomic mass is 9.99. The summed E-state index contributed by atoms with van der Waals surface area (Å²) < 4.78 is 6.70. The van der Waals surface area contributed by atoms with Gasteiger partial charge in [-0.05, 0) is 50.1 Å². The van der Waals surface area contributed by atoms with Gasteiger partial charge in [0.1, 0.15) is 0 Å². The minimum atomic E-state index is -0.632. The Kier molecular flexibility index (Phi) is 6.14. The predicted octanol–water partition coefficient (Wildman–Crippen LogP) is 2.29. The van der Waals surface area contributed by atoms with Gasteiger partial charge < -0.3 is 25.5 Å². The number of esters is 1. The molecule has 1 unspecified atom stereocenters. The molecular formula is C21H27N5O3. The van der Waals surface area contributed by atoms with Crippen LogP contribution in [0, 0.1) is 0 Å². The average molecular weight is 397 g/mol. The minimum absolute atomic E-state index is 0.211. The molecule has 0 aliphatic heterocycles. The van der Waals surface area contributed by atoms with Gasteiger partial charge in [-0.1, -0.05) is 12.1 Å². The second kappa shape index (κ2) is 8.59. The van der Waals surface area contributed by atoms with Crippen LogP contribution in [0.2, 0.25) is 0 Å². The SMILES string of the molecule is COC(=O)c1ccc2c(ncn2CCC(C)(C)NCC(O)c2cccc(N)c2)n1. The number of ether oxygens (including phenoxy) is 1. The maximum atomic E-state index is 11.6. The summed E-state index contributed by atoms with van der Waals surface area (Å²) in [5.41, 5.74) is 8.61. The molecule has 4 N–H and O–H groups in total. The molecule has 154 valence electrons. The molecular weight excluding hydrogens is 370 g/mol. The number of aliphatic hydroxyl groups is 1. The number of fused-ring (bicyclic) bond motifs is 1. The van der Waals surface area contributed by atoms with Crippen molar-refractivity contribution in [3.05, 3.63) is 54.0 Å². The van der Waals surface area contributed by atoms with Gasteiger partial charge in [-0.3, -0.25) is 0 Å². The number of carbonyl (C=O) groups is 1. The molecule has 0 saturated heterocycles. The number of rotatable bonds is 8. The number of hydrogen-bond donors (Lipinski definition) is 3. The number of methoxy groups -OCH3 is 1. The lowest BCUT2D eigenvalue weighted by Crippen LogP contribution is -2.42. The van der Waals surface area contributed by atoms with Crippen molar-refractivity contribution in [3.8, 4) is 0 Å². The van der Waals surface area contributed by atoms with E-state index in [0.717, 1.165) is 17.5 Å². The quantitative estimate of drug-likeness (QED) is 0.394.